The molecular weight excluding hydrogens is 433 g/mol. The topological polar surface area (TPSA) is 97.1 Å². The quantitative estimate of drug-likeness (QED) is 0.438. The van der Waals surface area contributed by atoms with E-state index in [0.717, 1.165) is 45.8 Å². The van der Waals surface area contributed by atoms with Gasteiger partial charge in [0.2, 0.25) is 0 Å². The van der Waals surface area contributed by atoms with Crippen LogP contribution in [0.5, 0.6) is 0 Å². The van der Waals surface area contributed by atoms with Crippen LogP contribution in [0, 0.1) is 11.7 Å². The molecule has 1 amide bonds. The van der Waals surface area contributed by atoms with Crippen LogP contribution in [0.2, 0.25) is 0 Å². The lowest BCUT2D eigenvalue weighted by Crippen LogP contribution is -2.42. The van der Waals surface area contributed by atoms with Gasteiger partial charge in [-0.2, -0.15) is 5.10 Å². The van der Waals surface area contributed by atoms with E-state index in [1.807, 2.05) is 24.0 Å². The number of hydrogen-bond donors (Lipinski definition) is 2. The summed E-state index contributed by atoms with van der Waals surface area (Å²) in [6, 6.07) is 8.90. The van der Waals surface area contributed by atoms with Crippen LogP contribution >= 0.6 is 0 Å². The molecule has 7 nitrogen and oxygen atoms in total. The summed E-state index contributed by atoms with van der Waals surface area (Å²) in [6.07, 6.45) is 3.43. The number of amides is 1. The Labute approximate surface area is 196 Å². The molecule has 3 atom stereocenters. The summed E-state index contributed by atoms with van der Waals surface area (Å²) in [6.45, 7) is 4.99. The summed E-state index contributed by atoms with van der Waals surface area (Å²) in [4.78, 5) is 20.0. The number of piperidine rings is 1. The van der Waals surface area contributed by atoms with Gasteiger partial charge >= 0.3 is 0 Å². The van der Waals surface area contributed by atoms with Crippen molar-refractivity contribution in [2.24, 2.45) is 5.92 Å². The average molecular weight is 460 g/mol. The molecule has 34 heavy (non-hydrogen) atoms. The highest BCUT2D eigenvalue weighted by molar-refractivity contribution is 6.00. The Morgan fingerprint density at radius 2 is 2.09 bits per heavy atom. The van der Waals surface area contributed by atoms with Crippen LogP contribution in [0.4, 0.5) is 10.2 Å². The predicted octanol–water partition coefficient (Wildman–Crippen LogP) is 5.04. The maximum atomic E-state index is 15.3. The van der Waals surface area contributed by atoms with Gasteiger partial charge in [-0.3, -0.25) is 9.89 Å². The zero-order valence-corrected chi connectivity index (χ0v) is 19.1. The van der Waals surface area contributed by atoms with Crippen LogP contribution in [0.3, 0.4) is 0 Å². The summed E-state index contributed by atoms with van der Waals surface area (Å²) in [5.41, 5.74) is 10.3. The van der Waals surface area contributed by atoms with E-state index in [4.69, 9.17) is 10.5 Å². The van der Waals surface area contributed by atoms with E-state index in [-0.39, 0.29) is 23.6 Å². The maximum absolute atomic E-state index is 15.3. The molecule has 0 radical (unpaired) electrons. The zero-order valence-electron chi connectivity index (χ0n) is 19.1. The van der Waals surface area contributed by atoms with Gasteiger partial charge in [0, 0.05) is 28.9 Å². The van der Waals surface area contributed by atoms with Crippen molar-refractivity contribution >= 4 is 33.5 Å². The van der Waals surface area contributed by atoms with Crippen molar-refractivity contribution in [2.75, 3.05) is 12.3 Å². The number of nitrogen functional groups attached to an aromatic ring is 1. The summed E-state index contributed by atoms with van der Waals surface area (Å²) in [5.74, 6) is -0.203. The summed E-state index contributed by atoms with van der Waals surface area (Å²) in [7, 11) is 0. The number of aromatic nitrogens is 3. The molecule has 2 aromatic heterocycles. The van der Waals surface area contributed by atoms with Crippen LogP contribution in [-0.2, 0) is 11.3 Å². The first-order chi connectivity index (χ1) is 16.4. The van der Waals surface area contributed by atoms with Gasteiger partial charge in [0.25, 0.3) is 5.91 Å². The number of pyridine rings is 1. The number of carbonyl (C=O) groups excluding carboxylic acids is 1. The second kappa shape index (κ2) is 7.77. The van der Waals surface area contributed by atoms with Crippen LogP contribution in [0.15, 0.2) is 36.5 Å². The number of fused-ring (bicyclic) bond motifs is 4. The number of carbonyl (C=O) groups is 1. The van der Waals surface area contributed by atoms with Gasteiger partial charge in [0.1, 0.15) is 11.6 Å². The van der Waals surface area contributed by atoms with Crippen molar-refractivity contribution < 1.29 is 13.9 Å². The van der Waals surface area contributed by atoms with E-state index in [2.05, 4.69) is 28.2 Å². The Morgan fingerprint density at radius 1 is 1.24 bits per heavy atom. The Hall–Kier alpha value is -3.52. The van der Waals surface area contributed by atoms with E-state index >= 15 is 4.39 Å². The lowest BCUT2D eigenvalue weighted by atomic mass is 9.88. The first-order valence-corrected chi connectivity index (χ1v) is 11.7. The summed E-state index contributed by atoms with van der Waals surface area (Å²) >= 11 is 0. The molecule has 0 aliphatic carbocycles. The molecule has 0 saturated carbocycles. The van der Waals surface area contributed by atoms with Crippen LogP contribution in [0.1, 0.15) is 65.9 Å². The molecule has 174 valence electrons. The third-order valence-corrected chi connectivity index (χ3v) is 7.29. The molecular formula is C26H26FN5O2. The summed E-state index contributed by atoms with van der Waals surface area (Å²) in [5, 5.41) is 8.78. The number of anilines is 1. The number of likely N-dealkylation sites (tertiary alicyclic amines) is 1. The normalized spacial score (nSPS) is 22.4. The number of nitrogens with two attached hydrogens (primary N) is 1. The first-order valence-electron chi connectivity index (χ1n) is 11.7. The molecule has 1 saturated heterocycles. The number of aromatic amines is 1. The number of hydrogen-bond acceptors (Lipinski definition) is 5. The second-order valence-electron chi connectivity index (χ2n) is 9.56. The van der Waals surface area contributed by atoms with E-state index in [1.54, 1.807) is 12.3 Å². The lowest BCUT2D eigenvalue weighted by molar-refractivity contribution is 0.0540. The monoisotopic (exact) mass is 459 g/mol. The van der Waals surface area contributed by atoms with Crippen molar-refractivity contribution in [1.29, 1.82) is 0 Å². The number of rotatable bonds is 2. The first kappa shape index (κ1) is 21.0. The minimum Gasteiger partial charge on any atom is -0.383 e. The van der Waals surface area contributed by atoms with Crippen LogP contribution < -0.4 is 5.73 Å². The predicted molar refractivity (Wildman–Crippen MR) is 128 cm³/mol. The van der Waals surface area contributed by atoms with Crippen LogP contribution in [-0.4, -0.2) is 32.5 Å². The van der Waals surface area contributed by atoms with Crippen molar-refractivity contribution in [3.05, 3.63) is 64.6 Å². The number of benzene rings is 2. The molecule has 8 heteroatoms. The van der Waals surface area contributed by atoms with Crippen molar-refractivity contribution in [1.82, 2.24) is 20.1 Å². The SMILES string of the molecule is C[C@H]1CC[C@H](c2ccc3[nH]ncc3c2)N(C(=O)c2cc3c4c(c(N)nc3cc2F)[C@@H](C)OC4)C1. The van der Waals surface area contributed by atoms with Gasteiger partial charge in [-0.1, -0.05) is 13.0 Å². The zero-order chi connectivity index (χ0) is 23.6. The molecule has 4 aromatic rings. The standard InChI is InChI=1S/C26H26FN5O2/c1-13-3-6-23(15-4-5-21-16(7-15)10-29-31-21)32(11-13)26(33)18-8-17-19-12-34-14(2)24(19)25(28)30-22(17)9-20(18)27/h4-5,7-10,13-14,23H,3,6,11-12H2,1-2H3,(H2,28,30)(H,29,31)/t13-,14+,23+/m0/s1. The van der Waals surface area contributed by atoms with E-state index < -0.39 is 5.82 Å². The van der Waals surface area contributed by atoms with Gasteiger partial charge < -0.3 is 15.4 Å². The molecule has 0 spiro atoms. The molecule has 2 aromatic carbocycles. The fraction of sp³-hybridized carbons (Fsp3) is 0.346. The molecule has 0 bridgehead atoms. The fourth-order valence-corrected chi connectivity index (χ4v) is 5.50. The van der Waals surface area contributed by atoms with Crippen molar-refractivity contribution in [3.63, 3.8) is 0 Å². The highest BCUT2D eigenvalue weighted by atomic mass is 19.1. The van der Waals surface area contributed by atoms with Crippen molar-refractivity contribution in [3.8, 4) is 0 Å². The molecule has 6 rings (SSSR count). The number of H-pyrrole nitrogens is 1. The van der Waals surface area contributed by atoms with Gasteiger partial charge in [0.05, 0.1) is 41.5 Å². The Bertz CT molecular complexity index is 1450. The highest BCUT2D eigenvalue weighted by Gasteiger charge is 2.34. The van der Waals surface area contributed by atoms with Gasteiger partial charge in [-0.05, 0) is 55.0 Å². The van der Waals surface area contributed by atoms with Crippen molar-refractivity contribution in [2.45, 2.75) is 45.4 Å². The molecule has 3 N–H and O–H groups in total. The second-order valence-corrected chi connectivity index (χ2v) is 9.56. The van der Waals surface area contributed by atoms with E-state index in [1.165, 1.54) is 6.07 Å². The molecule has 2 aliphatic heterocycles. The Morgan fingerprint density at radius 3 is 2.94 bits per heavy atom. The van der Waals surface area contributed by atoms with Gasteiger partial charge in [-0.15, -0.1) is 0 Å². The van der Waals surface area contributed by atoms with Crippen LogP contribution in [0.25, 0.3) is 21.8 Å². The molecule has 0 unspecified atom stereocenters. The molecule has 2 aliphatic rings. The Kier molecular flexibility index (Phi) is 4.81. The highest BCUT2D eigenvalue weighted by Crippen LogP contribution is 2.40. The number of nitrogens with zero attached hydrogens (tertiary/aromatic N) is 3. The third-order valence-electron chi connectivity index (χ3n) is 7.29. The average Bonchev–Trinajstić information content (AvgIpc) is 3.45. The largest absolute Gasteiger partial charge is 0.383 e. The van der Waals surface area contributed by atoms with E-state index in [0.29, 0.717) is 30.4 Å². The fourth-order valence-electron chi connectivity index (χ4n) is 5.50. The minimum absolute atomic E-state index is 0.0595. The third kappa shape index (κ3) is 3.24. The smallest absolute Gasteiger partial charge is 0.257 e. The Balaban J connectivity index is 1.44. The summed E-state index contributed by atoms with van der Waals surface area (Å²) < 4.78 is 21.1. The molecule has 1 fully saturated rings. The lowest BCUT2D eigenvalue weighted by Gasteiger charge is -2.39. The number of halogens is 1. The number of nitrogens with one attached hydrogen (secondary N) is 1. The molecule has 4 heterocycles. The van der Waals surface area contributed by atoms with Gasteiger partial charge in [-0.25, -0.2) is 9.37 Å². The maximum Gasteiger partial charge on any atom is 0.257 e. The van der Waals surface area contributed by atoms with E-state index in [9.17, 15) is 4.79 Å². The minimum atomic E-state index is -0.585. The number of ether oxygens (including phenoxy) is 1. The van der Waals surface area contributed by atoms with Gasteiger partial charge in [0.15, 0.2) is 0 Å².